The lowest BCUT2D eigenvalue weighted by atomic mass is 10.2. The van der Waals surface area contributed by atoms with E-state index in [4.69, 9.17) is 27.9 Å². The second kappa shape index (κ2) is 5.37. The quantitative estimate of drug-likeness (QED) is 0.643. The van der Waals surface area contributed by atoms with Crippen LogP contribution in [0.3, 0.4) is 0 Å². The number of nitrogens with zero attached hydrogens (tertiary/aromatic N) is 2. The van der Waals surface area contributed by atoms with Gasteiger partial charge in [0.25, 0.3) is 0 Å². The fourth-order valence-corrected chi connectivity index (χ4v) is 1.28. The molecule has 0 aliphatic rings. The number of amides is 1. The third kappa shape index (κ3) is 5.55. The molecule has 0 spiro atoms. The van der Waals surface area contributed by atoms with Crippen molar-refractivity contribution in [2.75, 3.05) is 5.43 Å². The zero-order valence-electron chi connectivity index (χ0n) is 9.54. The van der Waals surface area contributed by atoms with Crippen LogP contribution in [0.15, 0.2) is 6.07 Å². The van der Waals surface area contributed by atoms with E-state index >= 15 is 0 Å². The first-order chi connectivity index (χ1) is 7.76. The van der Waals surface area contributed by atoms with Crippen LogP contribution in [-0.2, 0) is 4.74 Å². The summed E-state index contributed by atoms with van der Waals surface area (Å²) in [6.07, 6.45) is -0.655. The minimum Gasteiger partial charge on any atom is -0.443 e. The molecule has 1 aromatic rings. The minimum absolute atomic E-state index is 0.0772. The molecule has 6 nitrogen and oxygen atoms in total. The second-order valence-corrected chi connectivity index (χ2v) is 4.86. The van der Waals surface area contributed by atoms with Crippen LogP contribution in [0.2, 0.25) is 10.3 Å². The number of hydrogen-bond donors (Lipinski definition) is 2. The molecule has 2 N–H and O–H groups in total. The van der Waals surface area contributed by atoms with Crippen molar-refractivity contribution in [1.82, 2.24) is 15.4 Å². The van der Waals surface area contributed by atoms with Gasteiger partial charge in [0, 0.05) is 6.07 Å². The molecule has 1 rings (SSSR count). The predicted octanol–water partition coefficient (Wildman–Crippen LogP) is 2.63. The maximum atomic E-state index is 11.3. The van der Waals surface area contributed by atoms with Gasteiger partial charge in [-0.05, 0) is 20.8 Å². The molecule has 0 unspecified atom stereocenters. The number of aromatic nitrogens is 2. The van der Waals surface area contributed by atoms with Crippen LogP contribution in [0.25, 0.3) is 0 Å². The molecular weight excluding hydrogens is 267 g/mol. The Balaban J connectivity index is 2.53. The van der Waals surface area contributed by atoms with E-state index in [-0.39, 0.29) is 16.3 Å². The van der Waals surface area contributed by atoms with Gasteiger partial charge in [0.1, 0.15) is 15.9 Å². The molecule has 17 heavy (non-hydrogen) atoms. The minimum atomic E-state index is -0.655. The smallest absolute Gasteiger partial charge is 0.426 e. The van der Waals surface area contributed by atoms with Crippen LogP contribution in [0.5, 0.6) is 0 Å². The van der Waals surface area contributed by atoms with Crippen molar-refractivity contribution in [3.63, 3.8) is 0 Å². The molecule has 1 amide bonds. The molecule has 0 aromatic carbocycles. The largest absolute Gasteiger partial charge is 0.443 e. The Morgan fingerprint density at radius 3 is 2.29 bits per heavy atom. The number of ether oxygens (including phenoxy) is 1. The van der Waals surface area contributed by atoms with Crippen molar-refractivity contribution in [2.24, 2.45) is 0 Å². The van der Waals surface area contributed by atoms with Gasteiger partial charge in [-0.1, -0.05) is 23.2 Å². The average molecular weight is 279 g/mol. The molecule has 94 valence electrons. The molecule has 1 heterocycles. The Morgan fingerprint density at radius 1 is 1.29 bits per heavy atom. The normalized spacial score (nSPS) is 10.9. The van der Waals surface area contributed by atoms with E-state index in [1.54, 1.807) is 20.8 Å². The van der Waals surface area contributed by atoms with Gasteiger partial charge in [0.05, 0.1) is 0 Å². The highest BCUT2D eigenvalue weighted by Crippen LogP contribution is 2.13. The number of halogens is 2. The van der Waals surface area contributed by atoms with E-state index in [0.29, 0.717) is 0 Å². The van der Waals surface area contributed by atoms with Gasteiger partial charge in [-0.3, -0.25) is 5.43 Å². The summed E-state index contributed by atoms with van der Waals surface area (Å²) in [6.45, 7) is 5.25. The third-order valence-corrected chi connectivity index (χ3v) is 1.73. The van der Waals surface area contributed by atoms with E-state index in [1.807, 2.05) is 0 Å². The Bertz CT molecular complexity index is 400. The van der Waals surface area contributed by atoms with Crippen LogP contribution >= 0.6 is 23.2 Å². The van der Waals surface area contributed by atoms with E-state index in [0.717, 1.165) is 0 Å². The maximum Gasteiger partial charge on any atom is 0.426 e. The van der Waals surface area contributed by atoms with Gasteiger partial charge < -0.3 is 4.74 Å². The monoisotopic (exact) mass is 278 g/mol. The number of hydrazine groups is 1. The Kier molecular flexibility index (Phi) is 4.36. The summed E-state index contributed by atoms with van der Waals surface area (Å²) < 4.78 is 4.99. The van der Waals surface area contributed by atoms with Gasteiger partial charge in [0.2, 0.25) is 5.95 Å². The molecule has 0 atom stereocenters. The standard InChI is InChI=1S/C9H12Cl2N4O2/c1-9(2,3)17-8(16)15-14-7-12-5(10)4-6(11)13-7/h4H,1-3H3,(H,15,16)(H,12,13,14). The lowest BCUT2D eigenvalue weighted by Crippen LogP contribution is -2.36. The summed E-state index contributed by atoms with van der Waals surface area (Å²) >= 11 is 11.3. The molecule has 8 heteroatoms. The van der Waals surface area contributed by atoms with Crippen molar-refractivity contribution >= 4 is 35.2 Å². The fourth-order valence-electron chi connectivity index (χ4n) is 0.857. The Labute approximate surface area is 109 Å². The van der Waals surface area contributed by atoms with Crippen molar-refractivity contribution in [2.45, 2.75) is 26.4 Å². The van der Waals surface area contributed by atoms with Crippen molar-refractivity contribution < 1.29 is 9.53 Å². The summed E-state index contributed by atoms with van der Waals surface area (Å²) in [5.41, 5.74) is 4.10. The van der Waals surface area contributed by atoms with Gasteiger partial charge >= 0.3 is 6.09 Å². The maximum absolute atomic E-state index is 11.3. The number of anilines is 1. The number of rotatable bonds is 2. The summed E-state index contributed by atoms with van der Waals surface area (Å²) in [5.74, 6) is 0.0772. The molecule has 0 bridgehead atoms. The van der Waals surface area contributed by atoms with Crippen LogP contribution in [0.4, 0.5) is 10.7 Å². The zero-order chi connectivity index (χ0) is 13.1. The SMILES string of the molecule is CC(C)(C)OC(=O)NNc1nc(Cl)cc(Cl)n1. The first-order valence-electron chi connectivity index (χ1n) is 4.71. The highest BCUT2D eigenvalue weighted by molar-refractivity contribution is 6.33. The summed E-state index contributed by atoms with van der Waals surface area (Å²) in [4.78, 5) is 18.9. The Hall–Kier alpha value is -1.27. The number of nitrogens with one attached hydrogen (secondary N) is 2. The summed E-state index contributed by atoms with van der Waals surface area (Å²) in [6, 6.07) is 1.38. The van der Waals surface area contributed by atoms with E-state index in [1.165, 1.54) is 6.07 Å². The second-order valence-electron chi connectivity index (χ2n) is 4.09. The average Bonchev–Trinajstić information content (AvgIpc) is 2.10. The van der Waals surface area contributed by atoms with E-state index in [9.17, 15) is 4.79 Å². The highest BCUT2D eigenvalue weighted by atomic mass is 35.5. The predicted molar refractivity (Wildman–Crippen MR) is 65.0 cm³/mol. The summed E-state index contributed by atoms with van der Waals surface area (Å²) in [5, 5.41) is 0.331. The zero-order valence-corrected chi connectivity index (χ0v) is 11.1. The van der Waals surface area contributed by atoms with Gasteiger partial charge in [0.15, 0.2) is 0 Å². The van der Waals surface area contributed by atoms with Crippen molar-refractivity contribution in [1.29, 1.82) is 0 Å². The molecular formula is C9H12Cl2N4O2. The van der Waals surface area contributed by atoms with Crippen LogP contribution in [0, 0.1) is 0 Å². The topological polar surface area (TPSA) is 76.1 Å². The van der Waals surface area contributed by atoms with Gasteiger partial charge in [-0.15, -0.1) is 0 Å². The van der Waals surface area contributed by atoms with Crippen LogP contribution in [0.1, 0.15) is 20.8 Å². The van der Waals surface area contributed by atoms with Crippen LogP contribution < -0.4 is 10.9 Å². The number of hydrogen-bond acceptors (Lipinski definition) is 5. The first kappa shape index (κ1) is 13.8. The van der Waals surface area contributed by atoms with Gasteiger partial charge in [-0.2, -0.15) is 9.97 Å². The van der Waals surface area contributed by atoms with Gasteiger partial charge in [-0.25, -0.2) is 10.2 Å². The molecule has 0 fully saturated rings. The summed E-state index contributed by atoms with van der Waals surface area (Å²) in [7, 11) is 0. The van der Waals surface area contributed by atoms with Crippen molar-refractivity contribution in [3.05, 3.63) is 16.4 Å². The first-order valence-corrected chi connectivity index (χ1v) is 5.47. The Morgan fingerprint density at radius 2 is 1.82 bits per heavy atom. The van der Waals surface area contributed by atoms with Crippen molar-refractivity contribution in [3.8, 4) is 0 Å². The molecule has 0 saturated carbocycles. The molecule has 0 aliphatic carbocycles. The molecule has 1 aromatic heterocycles. The van der Waals surface area contributed by atoms with Crippen LogP contribution in [-0.4, -0.2) is 21.7 Å². The number of carbonyl (C=O) groups is 1. The lowest BCUT2D eigenvalue weighted by Gasteiger charge is -2.19. The molecule has 0 radical (unpaired) electrons. The third-order valence-electron chi connectivity index (χ3n) is 1.34. The molecule has 0 aliphatic heterocycles. The highest BCUT2D eigenvalue weighted by Gasteiger charge is 2.16. The van der Waals surface area contributed by atoms with E-state index < -0.39 is 11.7 Å². The number of carbonyl (C=O) groups excluding carboxylic acids is 1. The van der Waals surface area contributed by atoms with E-state index in [2.05, 4.69) is 20.8 Å². The molecule has 0 saturated heterocycles. The lowest BCUT2D eigenvalue weighted by molar-refractivity contribution is 0.0540. The fraction of sp³-hybridized carbons (Fsp3) is 0.444.